The largest absolute Gasteiger partial charge is 0.481 e. The highest BCUT2D eigenvalue weighted by molar-refractivity contribution is 7.09. The Labute approximate surface area is 121 Å². The molecule has 1 aromatic rings. The van der Waals surface area contributed by atoms with Gasteiger partial charge in [-0.05, 0) is 19.3 Å². The van der Waals surface area contributed by atoms with E-state index in [1.807, 2.05) is 24.5 Å². The number of hydrogen-bond donors (Lipinski definition) is 2. The van der Waals surface area contributed by atoms with Gasteiger partial charge in [-0.15, -0.1) is 11.3 Å². The number of aliphatic carboxylic acids is 1. The molecule has 1 aromatic heterocycles. The molecule has 3 unspecified atom stereocenters. The van der Waals surface area contributed by atoms with Gasteiger partial charge in [-0.25, -0.2) is 4.98 Å². The standard InChI is InChI=1S/C14H18N2O3S/c1-2-11(13-15-7-8-20-13)16-12(17)9-5-3-4-6-10(9)14(18)19/h3-4,7-11H,2,5-6H2,1H3,(H,16,17)(H,18,19). The Morgan fingerprint density at radius 3 is 2.70 bits per heavy atom. The van der Waals surface area contributed by atoms with Gasteiger partial charge >= 0.3 is 5.97 Å². The number of amides is 1. The third-order valence-corrected chi connectivity index (χ3v) is 4.45. The summed E-state index contributed by atoms with van der Waals surface area (Å²) in [5.41, 5.74) is 0. The monoisotopic (exact) mass is 294 g/mol. The summed E-state index contributed by atoms with van der Waals surface area (Å²) in [4.78, 5) is 27.8. The van der Waals surface area contributed by atoms with Crippen molar-refractivity contribution in [2.24, 2.45) is 11.8 Å². The lowest BCUT2D eigenvalue weighted by Gasteiger charge is -2.26. The van der Waals surface area contributed by atoms with Crippen LogP contribution in [0.25, 0.3) is 0 Å². The van der Waals surface area contributed by atoms with Crippen LogP contribution in [0.15, 0.2) is 23.7 Å². The Morgan fingerprint density at radius 1 is 1.45 bits per heavy atom. The van der Waals surface area contributed by atoms with E-state index in [0.29, 0.717) is 12.8 Å². The Hall–Kier alpha value is -1.69. The van der Waals surface area contributed by atoms with E-state index in [0.717, 1.165) is 11.4 Å². The lowest BCUT2D eigenvalue weighted by Crippen LogP contribution is -2.40. The zero-order chi connectivity index (χ0) is 14.5. The van der Waals surface area contributed by atoms with Crippen molar-refractivity contribution in [3.63, 3.8) is 0 Å². The third kappa shape index (κ3) is 3.25. The Balaban J connectivity index is 2.06. The van der Waals surface area contributed by atoms with Gasteiger partial charge < -0.3 is 10.4 Å². The molecule has 3 atom stereocenters. The lowest BCUT2D eigenvalue weighted by atomic mass is 9.82. The topological polar surface area (TPSA) is 79.3 Å². The molecule has 1 amide bonds. The summed E-state index contributed by atoms with van der Waals surface area (Å²) in [7, 11) is 0. The molecule has 1 aliphatic carbocycles. The van der Waals surface area contributed by atoms with Crippen LogP contribution >= 0.6 is 11.3 Å². The fraction of sp³-hybridized carbons (Fsp3) is 0.500. The minimum atomic E-state index is -0.906. The molecule has 1 heterocycles. The van der Waals surface area contributed by atoms with Gasteiger partial charge in [0.25, 0.3) is 0 Å². The van der Waals surface area contributed by atoms with Crippen molar-refractivity contribution in [3.8, 4) is 0 Å². The first-order valence-electron chi connectivity index (χ1n) is 6.71. The molecule has 2 rings (SSSR count). The fourth-order valence-corrected chi connectivity index (χ4v) is 3.17. The third-order valence-electron chi connectivity index (χ3n) is 3.56. The summed E-state index contributed by atoms with van der Waals surface area (Å²) in [6.45, 7) is 1.97. The second kappa shape index (κ2) is 6.65. The van der Waals surface area contributed by atoms with Crippen LogP contribution in [0.5, 0.6) is 0 Å². The number of nitrogens with zero attached hydrogens (tertiary/aromatic N) is 1. The van der Waals surface area contributed by atoms with Gasteiger partial charge in [0.05, 0.1) is 17.9 Å². The smallest absolute Gasteiger partial charge is 0.307 e. The normalized spacial score (nSPS) is 23.2. The molecule has 0 bridgehead atoms. The fourth-order valence-electron chi connectivity index (χ4n) is 2.40. The van der Waals surface area contributed by atoms with Crippen LogP contribution < -0.4 is 5.32 Å². The molecule has 0 aromatic carbocycles. The highest BCUT2D eigenvalue weighted by atomic mass is 32.1. The molecule has 108 valence electrons. The van der Waals surface area contributed by atoms with Gasteiger partial charge in [-0.3, -0.25) is 9.59 Å². The Kier molecular flexibility index (Phi) is 4.89. The van der Waals surface area contributed by atoms with E-state index in [1.54, 1.807) is 6.20 Å². The maximum Gasteiger partial charge on any atom is 0.307 e. The predicted octanol–water partition coefficient (Wildman–Crippen LogP) is 2.38. The summed E-state index contributed by atoms with van der Waals surface area (Å²) in [6, 6.07) is -0.136. The molecule has 0 saturated carbocycles. The number of carbonyl (C=O) groups is 2. The number of nitrogens with one attached hydrogen (secondary N) is 1. The van der Waals surface area contributed by atoms with Gasteiger partial charge in [-0.2, -0.15) is 0 Å². The van der Waals surface area contributed by atoms with E-state index in [-0.39, 0.29) is 11.9 Å². The van der Waals surface area contributed by atoms with Crippen LogP contribution in [0.2, 0.25) is 0 Å². The van der Waals surface area contributed by atoms with E-state index in [2.05, 4.69) is 10.3 Å². The summed E-state index contributed by atoms with van der Waals surface area (Å²) < 4.78 is 0. The first-order valence-corrected chi connectivity index (χ1v) is 7.59. The molecule has 0 saturated heterocycles. The van der Waals surface area contributed by atoms with Crippen molar-refractivity contribution < 1.29 is 14.7 Å². The molecule has 2 N–H and O–H groups in total. The molecular weight excluding hydrogens is 276 g/mol. The van der Waals surface area contributed by atoms with Gasteiger partial charge in [0, 0.05) is 11.6 Å². The number of carboxylic acids is 1. The minimum Gasteiger partial charge on any atom is -0.481 e. The highest BCUT2D eigenvalue weighted by Gasteiger charge is 2.34. The zero-order valence-electron chi connectivity index (χ0n) is 11.3. The van der Waals surface area contributed by atoms with E-state index in [9.17, 15) is 14.7 Å². The first kappa shape index (κ1) is 14.7. The van der Waals surface area contributed by atoms with E-state index >= 15 is 0 Å². The predicted molar refractivity (Wildman–Crippen MR) is 76.3 cm³/mol. The van der Waals surface area contributed by atoms with Crippen LogP contribution in [-0.2, 0) is 9.59 Å². The van der Waals surface area contributed by atoms with Crippen LogP contribution in [-0.4, -0.2) is 22.0 Å². The minimum absolute atomic E-state index is 0.136. The highest BCUT2D eigenvalue weighted by Crippen LogP contribution is 2.27. The molecule has 1 aliphatic rings. The average Bonchev–Trinajstić information content (AvgIpc) is 2.98. The van der Waals surface area contributed by atoms with Crippen LogP contribution in [0, 0.1) is 11.8 Å². The van der Waals surface area contributed by atoms with Crippen molar-refractivity contribution in [2.75, 3.05) is 0 Å². The molecule has 6 heteroatoms. The number of thiazole rings is 1. The summed E-state index contributed by atoms with van der Waals surface area (Å²) in [6.07, 6.45) is 7.06. The van der Waals surface area contributed by atoms with Crippen molar-refractivity contribution in [2.45, 2.75) is 32.2 Å². The summed E-state index contributed by atoms with van der Waals surface area (Å²) >= 11 is 1.50. The maximum absolute atomic E-state index is 12.3. The van der Waals surface area contributed by atoms with Gasteiger partial charge in [0.1, 0.15) is 5.01 Å². The molecular formula is C14H18N2O3S. The number of carbonyl (C=O) groups excluding carboxylic acids is 1. The Bertz CT molecular complexity index is 499. The summed E-state index contributed by atoms with van der Waals surface area (Å²) in [5.74, 6) is -2.22. The first-order chi connectivity index (χ1) is 9.63. The molecule has 20 heavy (non-hydrogen) atoms. The molecule has 0 aliphatic heterocycles. The number of rotatable bonds is 5. The second-order valence-corrected chi connectivity index (χ2v) is 5.76. The van der Waals surface area contributed by atoms with Crippen LogP contribution in [0.1, 0.15) is 37.2 Å². The second-order valence-electron chi connectivity index (χ2n) is 4.83. The van der Waals surface area contributed by atoms with Crippen molar-refractivity contribution >= 4 is 23.2 Å². The van der Waals surface area contributed by atoms with Crippen LogP contribution in [0.3, 0.4) is 0 Å². The maximum atomic E-state index is 12.3. The lowest BCUT2D eigenvalue weighted by molar-refractivity contribution is -0.147. The van der Waals surface area contributed by atoms with E-state index < -0.39 is 17.8 Å². The number of hydrogen-bond acceptors (Lipinski definition) is 4. The molecule has 0 fully saturated rings. The average molecular weight is 294 g/mol. The number of carboxylic acid groups (broad SMARTS) is 1. The number of allylic oxidation sites excluding steroid dienone is 2. The van der Waals surface area contributed by atoms with Crippen molar-refractivity contribution in [1.82, 2.24) is 10.3 Å². The van der Waals surface area contributed by atoms with Crippen molar-refractivity contribution in [3.05, 3.63) is 28.7 Å². The van der Waals surface area contributed by atoms with Crippen molar-refractivity contribution in [1.29, 1.82) is 0 Å². The SMILES string of the molecule is CCC(NC(=O)C1CC=CCC1C(=O)O)c1nccs1. The zero-order valence-corrected chi connectivity index (χ0v) is 12.1. The van der Waals surface area contributed by atoms with Crippen LogP contribution in [0.4, 0.5) is 0 Å². The van der Waals surface area contributed by atoms with Gasteiger partial charge in [0.2, 0.25) is 5.91 Å². The quantitative estimate of drug-likeness (QED) is 0.817. The van der Waals surface area contributed by atoms with E-state index in [1.165, 1.54) is 11.3 Å². The number of aromatic nitrogens is 1. The van der Waals surface area contributed by atoms with E-state index in [4.69, 9.17) is 0 Å². The molecule has 5 nitrogen and oxygen atoms in total. The molecule has 0 spiro atoms. The summed E-state index contributed by atoms with van der Waals surface area (Å²) in [5, 5.41) is 14.9. The van der Waals surface area contributed by atoms with Gasteiger partial charge in [-0.1, -0.05) is 19.1 Å². The Morgan fingerprint density at radius 2 is 2.15 bits per heavy atom. The van der Waals surface area contributed by atoms with Gasteiger partial charge in [0.15, 0.2) is 0 Å². The molecule has 0 radical (unpaired) electrons.